The van der Waals surface area contributed by atoms with Gasteiger partial charge in [-0.1, -0.05) is 37.6 Å². The Morgan fingerprint density at radius 1 is 1.35 bits per heavy atom. The van der Waals surface area contributed by atoms with Gasteiger partial charge in [0.15, 0.2) is 0 Å². The highest BCUT2D eigenvalue weighted by atomic mass is 35.5. The highest BCUT2D eigenvalue weighted by Gasteiger charge is 2.05. The van der Waals surface area contributed by atoms with Gasteiger partial charge in [-0.05, 0) is 37.1 Å². The molecule has 0 atom stereocenters. The summed E-state index contributed by atoms with van der Waals surface area (Å²) in [5, 5.41) is 8.79. The molecule has 0 aliphatic heterocycles. The molecule has 108 valence electrons. The highest BCUT2D eigenvalue weighted by Crippen LogP contribution is 2.13. The molecular weight excluding hydrogens is 270 g/mol. The molecule has 0 amide bonds. The SMILES string of the molecule is Cc1nn(Cc2cccc(Cl)c2)cc1CNCC(C)C. The number of halogens is 1. The molecule has 0 bridgehead atoms. The smallest absolute Gasteiger partial charge is 0.0660 e. The van der Waals surface area contributed by atoms with Crippen molar-refractivity contribution in [2.75, 3.05) is 6.54 Å². The lowest BCUT2D eigenvalue weighted by Gasteiger charge is -2.06. The summed E-state index contributed by atoms with van der Waals surface area (Å²) < 4.78 is 1.98. The fourth-order valence-corrected chi connectivity index (χ4v) is 2.34. The molecule has 0 unspecified atom stereocenters. The Morgan fingerprint density at radius 2 is 2.15 bits per heavy atom. The number of rotatable bonds is 6. The van der Waals surface area contributed by atoms with Crippen LogP contribution in [0.25, 0.3) is 0 Å². The summed E-state index contributed by atoms with van der Waals surface area (Å²) in [5.41, 5.74) is 3.51. The Balaban J connectivity index is 2.00. The Hall–Kier alpha value is -1.32. The van der Waals surface area contributed by atoms with Gasteiger partial charge < -0.3 is 5.32 Å². The van der Waals surface area contributed by atoms with Crippen molar-refractivity contribution in [3.05, 3.63) is 52.3 Å². The molecule has 1 heterocycles. The minimum absolute atomic E-state index is 0.664. The van der Waals surface area contributed by atoms with E-state index in [1.807, 2.05) is 22.9 Å². The van der Waals surface area contributed by atoms with Gasteiger partial charge in [0.2, 0.25) is 0 Å². The summed E-state index contributed by atoms with van der Waals surface area (Å²) in [6, 6.07) is 7.91. The van der Waals surface area contributed by atoms with E-state index in [4.69, 9.17) is 11.6 Å². The van der Waals surface area contributed by atoms with Crippen molar-refractivity contribution < 1.29 is 0 Å². The third kappa shape index (κ3) is 4.36. The number of hydrogen-bond acceptors (Lipinski definition) is 2. The molecule has 0 aliphatic rings. The number of aromatic nitrogens is 2. The van der Waals surface area contributed by atoms with Crippen LogP contribution >= 0.6 is 11.6 Å². The molecule has 0 radical (unpaired) electrons. The molecule has 2 aromatic rings. The van der Waals surface area contributed by atoms with Gasteiger partial charge in [0.05, 0.1) is 12.2 Å². The molecule has 0 saturated heterocycles. The molecule has 0 spiro atoms. The van der Waals surface area contributed by atoms with E-state index in [-0.39, 0.29) is 0 Å². The molecule has 2 rings (SSSR count). The van der Waals surface area contributed by atoms with Crippen LogP contribution in [-0.4, -0.2) is 16.3 Å². The van der Waals surface area contributed by atoms with Gasteiger partial charge in [0.1, 0.15) is 0 Å². The summed E-state index contributed by atoms with van der Waals surface area (Å²) in [6.45, 7) is 9.13. The minimum atomic E-state index is 0.664. The second kappa shape index (κ2) is 6.91. The second-order valence-corrected chi connectivity index (χ2v) is 6.03. The summed E-state index contributed by atoms with van der Waals surface area (Å²) >= 11 is 6.01. The van der Waals surface area contributed by atoms with Crippen molar-refractivity contribution in [2.24, 2.45) is 5.92 Å². The molecule has 0 saturated carbocycles. The van der Waals surface area contributed by atoms with Gasteiger partial charge in [-0.15, -0.1) is 0 Å². The Kier molecular flexibility index (Phi) is 5.21. The van der Waals surface area contributed by atoms with Crippen LogP contribution in [-0.2, 0) is 13.1 Å². The van der Waals surface area contributed by atoms with Gasteiger partial charge in [-0.2, -0.15) is 5.10 Å². The lowest BCUT2D eigenvalue weighted by Crippen LogP contribution is -2.19. The lowest BCUT2D eigenvalue weighted by atomic mass is 10.2. The number of nitrogens with one attached hydrogen (secondary N) is 1. The van der Waals surface area contributed by atoms with E-state index in [2.05, 4.69) is 43.4 Å². The van der Waals surface area contributed by atoms with Gasteiger partial charge in [0, 0.05) is 23.3 Å². The maximum absolute atomic E-state index is 6.01. The van der Waals surface area contributed by atoms with Crippen LogP contribution in [0.5, 0.6) is 0 Å². The number of hydrogen-bond donors (Lipinski definition) is 1. The lowest BCUT2D eigenvalue weighted by molar-refractivity contribution is 0.551. The Labute approximate surface area is 126 Å². The molecule has 20 heavy (non-hydrogen) atoms. The minimum Gasteiger partial charge on any atom is -0.312 e. The van der Waals surface area contributed by atoms with E-state index in [0.29, 0.717) is 5.92 Å². The molecule has 0 fully saturated rings. The summed E-state index contributed by atoms with van der Waals surface area (Å²) in [4.78, 5) is 0. The first-order valence-electron chi connectivity index (χ1n) is 7.02. The van der Waals surface area contributed by atoms with E-state index < -0.39 is 0 Å². The van der Waals surface area contributed by atoms with Crippen molar-refractivity contribution in [1.29, 1.82) is 0 Å². The van der Waals surface area contributed by atoms with Crippen molar-refractivity contribution in [2.45, 2.75) is 33.9 Å². The van der Waals surface area contributed by atoms with E-state index in [1.165, 1.54) is 11.1 Å². The monoisotopic (exact) mass is 291 g/mol. The molecular formula is C16H22ClN3. The van der Waals surface area contributed by atoms with E-state index in [0.717, 1.165) is 30.4 Å². The average molecular weight is 292 g/mol. The predicted molar refractivity (Wildman–Crippen MR) is 84.1 cm³/mol. The van der Waals surface area contributed by atoms with Crippen LogP contribution in [0.2, 0.25) is 5.02 Å². The van der Waals surface area contributed by atoms with E-state index >= 15 is 0 Å². The van der Waals surface area contributed by atoms with Crippen LogP contribution in [0.3, 0.4) is 0 Å². The Bertz CT molecular complexity index is 561. The molecule has 4 heteroatoms. The fourth-order valence-electron chi connectivity index (χ4n) is 2.13. The average Bonchev–Trinajstić information content (AvgIpc) is 2.69. The van der Waals surface area contributed by atoms with Crippen LogP contribution in [0.1, 0.15) is 30.7 Å². The van der Waals surface area contributed by atoms with Gasteiger partial charge >= 0.3 is 0 Å². The summed E-state index contributed by atoms with van der Waals surface area (Å²) in [5.74, 6) is 0.664. The highest BCUT2D eigenvalue weighted by molar-refractivity contribution is 6.30. The molecule has 1 N–H and O–H groups in total. The van der Waals surface area contributed by atoms with E-state index in [1.54, 1.807) is 0 Å². The largest absolute Gasteiger partial charge is 0.312 e. The van der Waals surface area contributed by atoms with Crippen LogP contribution in [0.15, 0.2) is 30.5 Å². The summed E-state index contributed by atoms with van der Waals surface area (Å²) in [7, 11) is 0. The zero-order valence-corrected chi connectivity index (χ0v) is 13.1. The first-order chi connectivity index (χ1) is 9.54. The second-order valence-electron chi connectivity index (χ2n) is 5.59. The van der Waals surface area contributed by atoms with Gasteiger partial charge in [-0.25, -0.2) is 0 Å². The Morgan fingerprint density at radius 3 is 2.85 bits per heavy atom. The van der Waals surface area contributed by atoms with Crippen LogP contribution in [0, 0.1) is 12.8 Å². The molecule has 3 nitrogen and oxygen atoms in total. The first-order valence-corrected chi connectivity index (χ1v) is 7.40. The van der Waals surface area contributed by atoms with Crippen molar-refractivity contribution in [1.82, 2.24) is 15.1 Å². The third-order valence-corrected chi connectivity index (χ3v) is 3.38. The van der Waals surface area contributed by atoms with Crippen molar-refractivity contribution in [3.8, 4) is 0 Å². The van der Waals surface area contributed by atoms with Crippen molar-refractivity contribution in [3.63, 3.8) is 0 Å². The third-order valence-electron chi connectivity index (χ3n) is 3.15. The summed E-state index contributed by atoms with van der Waals surface area (Å²) in [6.07, 6.45) is 2.11. The fraction of sp³-hybridized carbons (Fsp3) is 0.438. The van der Waals surface area contributed by atoms with Gasteiger partial charge in [-0.3, -0.25) is 4.68 Å². The van der Waals surface area contributed by atoms with Crippen molar-refractivity contribution >= 4 is 11.6 Å². The number of nitrogens with zero attached hydrogens (tertiary/aromatic N) is 2. The van der Waals surface area contributed by atoms with E-state index in [9.17, 15) is 0 Å². The number of benzene rings is 1. The maximum atomic E-state index is 6.01. The van der Waals surface area contributed by atoms with Crippen LogP contribution < -0.4 is 5.32 Å². The standard InChI is InChI=1S/C16H22ClN3/c1-12(2)8-18-9-15-11-20(19-13(15)3)10-14-5-4-6-16(17)7-14/h4-7,11-12,18H,8-10H2,1-3H3. The molecule has 1 aromatic carbocycles. The quantitative estimate of drug-likeness (QED) is 0.880. The molecule has 1 aromatic heterocycles. The number of aryl methyl sites for hydroxylation is 1. The maximum Gasteiger partial charge on any atom is 0.0660 e. The zero-order chi connectivity index (χ0) is 14.5. The normalized spacial score (nSPS) is 11.2. The predicted octanol–water partition coefficient (Wildman–Crippen LogP) is 3.64. The zero-order valence-electron chi connectivity index (χ0n) is 12.4. The first kappa shape index (κ1) is 15.1. The van der Waals surface area contributed by atoms with Crippen LogP contribution in [0.4, 0.5) is 0 Å². The molecule has 0 aliphatic carbocycles. The topological polar surface area (TPSA) is 29.9 Å². The van der Waals surface area contributed by atoms with Gasteiger partial charge in [0.25, 0.3) is 0 Å².